The van der Waals surface area contributed by atoms with Gasteiger partial charge in [-0.15, -0.1) is 0 Å². The van der Waals surface area contributed by atoms with Gasteiger partial charge < -0.3 is 14.4 Å². The third-order valence-corrected chi connectivity index (χ3v) is 5.03. The summed E-state index contributed by atoms with van der Waals surface area (Å²) in [5.74, 6) is 0.889. The van der Waals surface area contributed by atoms with E-state index in [0.717, 1.165) is 27.7 Å². The molecule has 5 aromatic rings. The van der Waals surface area contributed by atoms with Gasteiger partial charge in [0.05, 0.1) is 6.42 Å². The summed E-state index contributed by atoms with van der Waals surface area (Å²) < 4.78 is 7.35. The predicted octanol–water partition coefficient (Wildman–Crippen LogP) is 4.32. The minimum atomic E-state index is -0.100. The summed E-state index contributed by atoms with van der Waals surface area (Å²) in [7, 11) is 0. The lowest BCUT2D eigenvalue weighted by atomic mass is 10.1. The average molecular weight is 409 g/mol. The van der Waals surface area contributed by atoms with Gasteiger partial charge in [-0.1, -0.05) is 41.6 Å². The number of fused-ring (bicyclic) bond motifs is 1. The summed E-state index contributed by atoms with van der Waals surface area (Å²) in [5, 5.41) is 8.17. The Hall–Kier alpha value is -4.26. The van der Waals surface area contributed by atoms with Gasteiger partial charge >= 0.3 is 0 Å². The van der Waals surface area contributed by atoms with Crippen LogP contribution in [0.2, 0.25) is 0 Å². The Balaban J connectivity index is 1.31. The van der Waals surface area contributed by atoms with E-state index in [1.54, 1.807) is 12.4 Å². The first kappa shape index (κ1) is 18.7. The molecule has 31 heavy (non-hydrogen) atoms. The van der Waals surface area contributed by atoms with Crippen molar-refractivity contribution < 1.29 is 9.32 Å². The molecule has 0 unspecified atom stereocenters. The van der Waals surface area contributed by atoms with E-state index in [2.05, 4.69) is 20.4 Å². The molecule has 152 valence electrons. The van der Waals surface area contributed by atoms with Gasteiger partial charge in [-0.3, -0.25) is 9.78 Å². The molecule has 3 aromatic heterocycles. The van der Waals surface area contributed by atoms with Crippen molar-refractivity contribution >= 4 is 22.5 Å². The highest BCUT2D eigenvalue weighted by Gasteiger charge is 2.13. The number of carbonyl (C=O) groups excluding carboxylic acids is 1. The molecule has 1 amide bonds. The fraction of sp³-hybridized carbons (Fsp3) is 0.0833. The summed E-state index contributed by atoms with van der Waals surface area (Å²) in [5.41, 5.74) is 3.50. The number of hydrogen-bond acceptors (Lipinski definition) is 5. The number of benzene rings is 2. The molecular weight excluding hydrogens is 390 g/mol. The maximum absolute atomic E-state index is 12.7. The number of nitrogens with zero attached hydrogens (tertiary/aromatic N) is 4. The molecule has 0 radical (unpaired) electrons. The molecule has 7 heteroatoms. The van der Waals surface area contributed by atoms with Crippen LogP contribution < -0.4 is 5.32 Å². The van der Waals surface area contributed by atoms with Gasteiger partial charge in [-0.2, -0.15) is 4.98 Å². The van der Waals surface area contributed by atoms with Crippen molar-refractivity contribution in [3.63, 3.8) is 0 Å². The summed E-state index contributed by atoms with van der Waals surface area (Å²) in [4.78, 5) is 21.2. The van der Waals surface area contributed by atoms with Crippen LogP contribution in [0.4, 0.5) is 5.69 Å². The van der Waals surface area contributed by atoms with Gasteiger partial charge in [0, 0.05) is 35.4 Å². The second-order valence-electron chi connectivity index (χ2n) is 7.13. The normalized spacial score (nSPS) is 11.0. The molecule has 3 heterocycles. The van der Waals surface area contributed by atoms with Gasteiger partial charge in [-0.25, -0.2) is 0 Å². The zero-order valence-corrected chi connectivity index (χ0v) is 16.6. The molecule has 0 aliphatic rings. The standard InChI is InChI=1S/C24H19N5O2/c30-22(16-29-14-11-17-5-2-4-8-21(17)29)26-20-7-3-1-6-19(20)15-23-27-24(28-31-23)18-9-12-25-13-10-18/h1-14H,15-16H2,(H,26,30). The van der Waals surface area contributed by atoms with Gasteiger partial charge in [0.15, 0.2) is 0 Å². The zero-order chi connectivity index (χ0) is 21.0. The number of rotatable bonds is 6. The maximum atomic E-state index is 12.7. The monoisotopic (exact) mass is 409 g/mol. The van der Waals surface area contributed by atoms with Crippen molar-refractivity contribution in [3.8, 4) is 11.4 Å². The van der Waals surface area contributed by atoms with Gasteiger partial charge in [0.1, 0.15) is 6.54 Å². The lowest BCUT2D eigenvalue weighted by molar-refractivity contribution is -0.116. The molecule has 0 saturated heterocycles. The number of anilines is 1. The molecule has 5 rings (SSSR count). The van der Waals surface area contributed by atoms with E-state index in [1.807, 2.05) is 77.5 Å². The lowest BCUT2D eigenvalue weighted by Crippen LogP contribution is -2.19. The number of amides is 1. The lowest BCUT2D eigenvalue weighted by Gasteiger charge is -2.11. The topological polar surface area (TPSA) is 85.8 Å². The van der Waals surface area contributed by atoms with Gasteiger partial charge in [0.2, 0.25) is 17.6 Å². The second-order valence-corrected chi connectivity index (χ2v) is 7.13. The Labute approximate surface area is 178 Å². The molecule has 0 aliphatic carbocycles. The van der Waals surface area contributed by atoms with Crippen LogP contribution in [0.3, 0.4) is 0 Å². The number of aromatic nitrogens is 4. The van der Waals surface area contributed by atoms with E-state index < -0.39 is 0 Å². The fourth-order valence-electron chi connectivity index (χ4n) is 3.53. The average Bonchev–Trinajstić information content (AvgIpc) is 3.43. The molecule has 0 aliphatic heterocycles. The van der Waals surface area contributed by atoms with Crippen molar-refractivity contribution in [2.75, 3.05) is 5.32 Å². The first-order valence-corrected chi connectivity index (χ1v) is 9.91. The molecule has 2 aromatic carbocycles. The van der Waals surface area contributed by atoms with E-state index in [-0.39, 0.29) is 12.5 Å². The highest BCUT2D eigenvalue weighted by atomic mass is 16.5. The first-order chi connectivity index (χ1) is 15.3. The minimum Gasteiger partial charge on any atom is -0.339 e. The van der Waals surface area contributed by atoms with Crippen molar-refractivity contribution in [1.82, 2.24) is 19.7 Å². The van der Waals surface area contributed by atoms with Crippen LogP contribution in [-0.2, 0) is 17.8 Å². The van der Waals surface area contributed by atoms with E-state index >= 15 is 0 Å². The highest BCUT2D eigenvalue weighted by Crippen LogP contribution is 2.21. The number of hydrogen-bond donors (Lipinski definition) is 1. The molecule has 7 nitrogen and oxygen atoms in total. The molecule has 0 fully saturated rings. The molecule has 0 bridgehead atoms. The fourth-order valence-corrected chi connectivity index (χ4v) is 3.53. The third-order valence-electron chi connectivity index (χ3n) is 5.03. The summed E-state index contributed by atoms with van der Waals surface area (Å²) >= 11 is 0. The smallest absolute Gasteiger partial charge is 0.244 e. The van der Waals surface area contributed by atoms with Crippen molar-refractivity contribution in [1.29, 1.82) is 0 Å². The highest BCUT2D eigenvalue weighted by molar-refractivity contribution is 5.92. The van der Waals surface area contributed by atoms with Crippen LogP contribution in [0, 0.1) is 0 Å². The summed E-state index contributed by atoms with van der Waals surface area (Å²) in [6.07, 6.45) is 5.71. The molecule has 0 atom stereocenters. The van der Waals surface area contributed by atoms with Crippen LogP contribution in [0.5, 0.6) is 0 Å². The van der Waals surface area contributed by atoms with Crippen LogP contribution in [0.15, 0.2) is 89.8 Å². The summed E-state index contributed by atoms with van der Waals surface area (Å²) in [6, 6.07) is 21.3. The molecule has 0 spiro atoms. The Kier molecular flexibility index (Phi) is 4.98. The SMILES string of the molecule is O=C(Cn1ccc2ccccc21)Nc1ccccc1Cc1nc(-c2ccncc2)no1. The number of carbonyl (C=O) groups is 1. The number of pyridine rings is 1. The van der Waals surface area contributed by atoms with E-state index in [9.17, 15) is 4.79 Å². The summed E-state index contributed by atoms with van der Waals surface area (Å²) in [6.45, 7) is 0.231. The third kappa shape index (κ3) is 4.06. The maximum Gasteiger partial charge on any atom is 0.244 e. The Morgan fingerprint density at radius 1 is 0.968 bits per heavy atom. The molecule has 0 saturated carbocycles. The first-order valence-electron chi connectivity index (χ1n) is 9.91. The Morgan fingerprint density at radius 2 is 1.77 bits per heavy atom. The van der Waals surface area contributed by atoms with E-state index in [0.29, 0.717) is 18.1 Å². The van der Waals surface area contributed by atoms with Crippen molar-refractivity contribution in [2.24, 2.45) is 0 Å². The van der Waals surface area contributed by atoms with Crippen molar-refractivity contribution in [2.45, 2.75) is 13.0 Å². The molecule has 1 N–H and O–H groups in total. The quantitative estimate of drug-likeness (QED) is 0.451. The van der Waals surface area contributed by atoms with Crippen LogP contribution in [0.1, 0.15) is 11.5 Å². The van der Waals surface area contributed by atoms with Crippen molar-refractivity contribution in [3.05, 3.63) is 96.8 Å². The Morgan fingerprint density at radius 3 is 2.68 bits per heavy atom. The van der Waals surface area contributed by atoms with E-state index in [1.165, 1.54) is 0 Å². The molecular formula is C24H19N5O2. The Bertz CT molecular complexity index is 1340. The van der Waals surface area contributed by atoms with Crippen LogP contribution >= 0.6 is 0 Å². The largest absolute Gasteiger partial charge is 0.339 e. The number of para-hydroxylation sites is 2. The van der Waals surface area contributed by atoms with Crippen LogP contribution in [0.25, 0.3) is 22.3 Å². The number of nitrogens with one attached hydrogen (secondary N) is 1. The van der Waals surface area contributed by atoms with Gasteiger partial charge in [-0.05, 0) is 41.3 Å². The minimum absolute atomic E-state index is 0.100. The van der Waals surface area contributed by atoms with E-state index in [4.69, 9.17) is 4.52 Å². The van der Waals surface area contributed by atoms with Gasteiger partial charge in [0.25, 0.3) is 0 Å². The van der Waals surface area contributed by atoms with Crippen LogP contribution in [-0.4, -0.2) is 25.6 Å². The second kappa shape index (κ2) is 8.23. The predicted molar refractivity (Wildman–Crippen MR) is 117 cm³/mol. The zero-order valence-electron chi connectivity index (χ0n) is 16.6.